The van der Waals surface area contributed by atoms with Gasteiger partial charge in [-0.2, -0.15) is 0 Å². The average Bonchev–Trinajstić information content (AvgIpc) is 3.20. The monoisotopic (exact) mass is 383 g/mol. The highest BCUT2D eigenvalue weighted by Gasteiger charge is 2.31. The van der Waals surface area contributed by atoms with Crippen LogP contribution in [0, 0.1) is 0 Å². The lowest BCUT2D eigenvalue weighted by atomic mass is 9.97. The van der Waals surface area contributed by atoms with E-state index in [4.69, 9.17) is 10.5 Å². The third-order valence-electron chi connectivity index (χ3n) is 5.36. The Morgan fingerprint density at radius 2 is 1.82 bits per heavy atom. The van der Waals surface area contributed by atoms with Gasteiger partial charge in [-0.15, -0.1) is 0 Å². The molecule has 2 fully saturated rings. The van der Waals surface area contributed by atoms with Gasteiger partial charge in [0.05, 0.1) is 13.2 Å². The lowest BCUT2D eigenvalue weighted by Crippen LogP contribution is -2.50. The molecule has 2 aromatic rings. The molecule has 8 nitrogen and oxygen atoms in total. The SMILES string of the molecule is NC(=O)c1cn(-c2ccccc2)c(C2CCCN(C(=O)N3CCOCC3)C2)n1. The Morgan fingerprint density at radius 1 is 1.07 bits per heavy atom. The van der Waals surface area contributed by atoms with Crippen molar-refractivity contribution >= 4 is 11.9 Å². The number of aromatic nitrogens is 2. The van der Waals surface area contributed by atoms with Gasteiger partial charge in [0, 0.05) is 44.0 Å². The fourth-order valence-electron chi connectivity index (χ4n) is 3.91. The Hall–Kier alpha value is -2.87. The summed E-state index contributed by atoms with van der Waals surface area (Å²) in [7, 11) is 0. The van der Waals surface area contributed by atoms with Crippen molar-refractivity contribution in [1.82, 2.24) is 19.4 Å². The van der Waals surface area contributed by atoms with E-state index in [1.165, 1.54) is 0 Å². The van der Waals surface area contributed by atoms with Crippen LogP contribution in [0.4, 0.5) is 4.79 Å². The minimum absolute atomic E-state index is 0.0482. The number of ether oxygens (including phenoxy) is 1. The Bertz CT molecular complexity index is 845. The van der Waals surface area contributed by atoms with E-state index in [2.05, 4.69) is 4.98 Å². The summed E-state index contributed by atoms with van der Waals surface area (Å²) in [6.07, 6.45) is 3.50. The lowest BCUT2D eigenvalue weighted by Gasteiger charge is -2.37. The molecule has 2 saturated heterocycles. The third kappa shape index (κ3) is 3.73. The summed E-state index contributed by atoms with van der Waals surface area (Å²) in [5, 5.41) is 0. The second kappa shape index (κ2) is 8.02. The summed E-state index contributed by atoms with van der Waals surface area (Å²) in [5.41, 5.74) is 6.65. The quantitative estimate of drug-likeness (QED) is 0.871. The van der Waals surface area contributed by atoms with Crippen LogP contribution in [0.3, 0.4) is 0 Å². The number of amides is 3. The highest BCUT2D eigenvalue weighted by atomic mass is 16.5. The second-order valence-corrected chi connectivity index (χ2v) is 7.22. The predicted molar refractivity (Wildman–Crippen MR) is 103 cm³/mol. The van der Waals surface area contributed by atoms with Crippen molar-refractivity contribution in [3.8, 4) is 5.69 Å². The average molecular weight is 383 g/mol. The van der Waals surface area contributed by atoms with Gasteiger partial charge in [0.25, 0.3) is 5.91 Å². The van der Waals surface area contributed by atoms with E-state index in [1.807, 2.05) is 44.7 Å². The minimum atomic E-state index is -0.548. The highest BCUT2D eigenvalue weighted by Crippen LogP contribution is 2.29. The molecule has 28 heavy (non-hydrogen) atoms. The number of para-hydroxylation sites is 1. The normalized spacial score (nSPS) is 20.2. The zero-order valence-electron chi connectivity index (χ0n) is 15.8. The van der Waals surface area contributed by atoms with Crippen LogP contribution in [0.1, 0.15) is 35.1 Å². The molecule has 148 valence electrons. The first kappa shape index (κ1) is 18.5. The van der Waals surface area contributed by atoms with E-state index in [0.717, 1.165) is 30.9 Å². The smallest absolute Gasteiger partial charge is 0.320 e. The number of morpholine rings is 1. The summed E-state index contributed by atoms with van der Waals surface area (Å²) in [6, 6.07) is 9.82. The minimum Gasteiger partial charge on any atom is -0.378 e. The number of urea groups is 1. The number of imidazole rings is 1. The van der Waals surface area contributed by atoms with Gasteiger partial charge < -0.3 is 24.8 Å². The Labute approximate surface area is 163 Å². The molecule has 0 radical (unpaired) electrons. The zero-order valence-corrected chi connectivity index (χ0v) is 15.8. The van der Waals surface area contributed by atoms with Crippen molar-refractivity contribution < 1.29 is 14.3 Å². The number of benzene rings is 1. The first-order valence-electron chi connectivity index (χ1n) is 9.69. The number of nitrogens with two attached hydrogens (primary N) is 1. The van der Waals surface area contributed by atoms with Crippen molar-refractivity contribution in [2.45, 2.75) is 18.8 Å². The van der Waals surface area contributed by atoms with Gasteiger partial charge >= 0.3 is 6.03 Å². The van der Waals surface area contributed by atoms with Crippen LogP contribution in [0.5, 0.6) is 0 Å². The number of rotatable bonds is 3. The van der Waals surface area contributed by atoms with Gasteiger partial charge in [-0.3, -0.25) is 4.79 Å². The summed E-state index contributed by atoms with van der Waals surface area (Å²) >= 11 is 0. The molecule has 3 amide bonds. The molecule has 1 aromatic heterocycles. The van der Waals surface area contributed by atoms with Crippen LogP contribution in [0.15, 0.2) is 36.5 Å². The zero-order chi connectivity index (χ0) is 19.5. The number of primary amides is 1. The van der Waals surface area contributed by atoms with E-state index in [1.54, 1.807) is 6.20 Å². The molecule has 1 atom stereocenters. The largest absolute Gasteiger partial charge is 0.378 e. The maximum atomic E-state index is 12.9. The van der Waals surface area contributed by atoms with Crippen molar-refractivity contribution in [3.63, 3.8) is 0 Å². The molecule has 3 heterocycles. The van der Waals surface area contributed by atoms with Gasteiger partial charge in [-0.1, -0.05) is 18.2 Å². The Kier molecular flexibility index (Phi) is 5.29. The fraction of sp³-hybridized carbons (Fsp3) is 0.450. The van der Waals surface area contributed by atoms with Crippen LogP contribution in [-0.4, -0.2) is 70.7 Å². The number of hydrogen-bond acceptors (Lipinski definition) is 4. The molecule has 2 N–H and O–H groups in total. The number of hydrogen-bond donors (Lipinski definition) is 1. The number of likely N-dealkylation sites (tertiary alicyclic amines) is 1. The van der Waals surface area contributed by atoms with Gasteiger partial charge in [0.2, 0.25) is 0 Å². The molecule has 0 bridgehead atoms. The molecule has 2 aliphatic rings. The number of carbonyl (C=O) groups is 2. The fourth-order valence-corrected chi connectivity index (χ4v) is 3.91. The van der Waals surface area contributed by atoms with E-state index in [-0.39, 0.29) is 17.6 Å². The molecule has 8 heteroatoms. The van der Waals surface area contributed by atoms with Crippen LogP contribution in [0.2, 0.25) is 0 Å². The molecular weight excluding hydrogens is 358 g/mol. The first-order valence-corrected chi connectivity index (χ1v) is 9.69. The van der Waals surface area contributed by atoms with E-state index in [0.29, 0.717) is 32.8 Å². The standard InChI is InChI=1S/C20H25N5O3/c21-18(26)17-14-25(16-6-2-1-3-7-16)19(22-17)15-5-4-8-24(13-15)20(27)23-9-11-28-12-10-23/h1-3,6-7,14-15H,4-5,8-13H2,(H2,21,26). The molecule has 1 aromatic carbocycles. The predicted octanol–water partition coefficient (Wildman–Crippen LogP) is 1.60. The second-order valence-electron chi connectivity index (χ2n) is 7.22. The van der Waals surface area contributed by atoms with Gasteiger partial charge in [0.15, 0.2) is 0 Å². The number of carbonyl (C=O) groups excluding carboxylic acids is 2. The van der Waals surface area contributed by atoms with Crippen molar-refractivity contribution in [2.24, 2.45) is 5.73 Å². The van der Waals surface area contributed by atoms with Crippen molar-refractivity contribution in [3.05, 3.63) is 48.0 Å². The Morgan fingerprint density at radius 3 is 2.54 bits per heavy atom. The first-order chi connectivity index (χ1) is 13.6. The van der Waals surface area contributed by atoms with Gasteiger partial charge in [-0.05, 0) is 25.0 Å². The molecular formula is C20H25N5O3. The lowest BCUT2D eigenvalue weighted by molar-refractivity contribution is 0.0407. The van der Waals surface area contributed by atoms with E-state index < -0.39 is 5.91 Å². The number of nitrogens with zero attached hydrogens (tertiary/aromatic N) is 4. The van der Waals surface area contributed by atoms with E-state index in [9.17, 15) is 9.59 Å². The third-order valence-corrected chi connectivity index (χ3v) is 5.36. The number of piperidine rings is 1. The van der Waals surface area contributed by atoms with Crippen LogP contribution in [0.25, 0.3) is 5.69 Å². The molecule has 0 saturated carbocycles. The van der Waals surface area contributed by atoms with Crippen LogP contribution >= 0.6 is 0 Å². The maximum Gasteiger partial charge on any atom is 0.320 e. The molecule has 1 unspecified atom stereocenters. The topological polar surface area (TPSA) is 93.7 Å². The maximum absolute atomic E-state index is 12.9. The molecule has 0 aliphatic carbocycles. The molecule has 2 aliphatic heterocycles. The van der Waals surface area contributed by atoms with E-state index >= 15 is 0 Å². The van der Waals surface area contributed by atoms with Gasteiger partial charge in [0.1, 0.15) is 11.5 Å². The molecule has 4 rings (SSSR count). The molecule has 0 spiro atoms. The summed E-state index contributed by atoms with van der Waals surface area (Å²) in [5.74, 6) is 0.277. The van der Waals surface area contributed by atoms with Crippen LogP contribution < -0.4 is 5.73 Å². The van der Waals surface area contributed by atoms with Crippen molar-refractivity contribution in [2.75, 3.05) is 39.4 Å². The Balaban J connectivity index is 1.59. The van der Waals surface area contributed by atoms with Crippen molar-refractivity contribution in [1.29, 1.82) is 0 Å². The summed E-state index contributed by atoms with van der Waals surface area (Å²) in [6.45, 7) is 3.75. The van der Waals surface area contributed by atoms with Crippen LogP contribution in [-0.2, 0) is 4.74 Å². The summed E-state index contributed by atoms with van der Waals surface area (Å²) in [4.78, 5) is 32.9. The van der Waals surface area contributed by atoms with Gasteiger partial charge in [-0.25, -0.2) is 9.78 Å². The summed E-state index contributed by atoms with van der Waals surface area (Å²) < 4.78 is 7.27. The highest BCUT2D eigenvalue weighted by molar-refractivity contribution is 5.90.